The number of thioether (sulfide) groups is 2. The first-order valence-electron chi connectivity index (χ1n) is 10.5. The third-order valence-electron chi connectivity index (χ3n) is 4.29. The summed E-state index contributed by atoms with van der Waals surface area (Å²) in [5.41, 5.74) is 5.21. The lowest BCUT2D eigenvalue weighted by molar-refractivity contribution is 0.0205. The van der Waals surface area contributed by atoms with Gasteiger partial charge in [0, 0.05) is 21.3 Å². The van der Waals surface area contributed by atoms with E-state index in [1.165, 1.54) is 0 Å². The number of benzene rings is 2. The summed E-state index contributed by atoms with van der Waals surface area (Å²) in [6.07, 6.45) is 0. The molecular formula is C22H28N4O5S2. The minimum Gasteiger partial charge on any atom is -0.378 e. The molecular weight excluding hydrogens is 464 g/mol. The van der Waals surface area contributed by atoms with Gasteiger partial charge in [0.2, 0.25) is 0 Å². The number of hydrogen-bond acceptors (Lipinski definition) is 11. The molecule has 178 valence electrons. The monoisotopic (exact) mass is 492 g/mol. The van der Waals surface area contributed by atoms with E-state index in [-0.39, 0.29) is 11.7 Å². The fourth-order valence-corrected chi connectivity index (χ4v) is 4.42. The molecule has 0 amide bonds. The van der Waals surface area contributed by atoms with Gasteiger partial charge in [0.1, 0.15) is 0 Å². The number of hydrogen-bond donors (Lipinski definition) is 4. The van der Waals surface area contributed by atoms with Gasteiger partial charge in [0.05, 0.1) is 51.0 Å². The van der Waals surface area contributed by atoms with Crippen LogP contribution in [0.25, 0.3) is 0 Å². The van der Waals surface area contributed by atoms with Crippen molar-refractivity contribution >= 4 is 46.6 Å². The Hall–Kier alpha value is -2.12. The van der Waals surface area contributed by atoms with Gasteiger partial charge in [-0.3, -0.25) is 10.4 Å². The molecule has 0 saturated carbocycles. The number of nitrogens with zero attached hydrogens (tertiary/aromatic N) is 2. The van der Waals surface area contributed by atoms with E-state index in [1.807, 2.05) is 47.4 Å². The lowest BCUT2D eigenvalue weighted by Gasteiger charge is -2.09. The van der Waals surface area contributed by atoms with E-state index in [9.17, 15) is 10.4 Å². The van der Waals surface area contributed by atoms with Crippen LogP contribution < -0.4 is 11.0 Å². The van der Waals surface area contributed by atoms with Crippen molar-refractivity contribution in [3.63, 3.8) is 0 Å². The third-order valence-corrected chi connectivity index (χ3v) is 6.21. The van der Waals surface area contributed by atoms with Gasteiger partial charge in [-0.25, -0.2) is 20.9 Å². The lowest BCUT2D eigenvalue weighted by atomic mass is 10.3. The van der Waals surface area contributed by atoms with Crippen LogP contribution >= 0.6 is 23.5 Å². The molecule has 1 aliphatic heterocycles. The van der Waals surface area contributed by atoms with Gasteiger partial charge in [-0.05, 0) is 36.4 Å². The van der Waals surface area contributed by atoms with E-state index in [0.717, 1.165) is 21.3 Å². The lowest BCUT2D eigenvalue weighted by Crippen LogP contribution is -2.37. The Morgan fingerprint density at radius 2 is 1.06 bits per heavy atom. The number of aliphatic imine (C=N–C) groups is 2. The normalized spacial score (nSPS) is 17.4. The highest BCUT2D eigenvalue weighted by molar-refractivity contribution is 7.99. The Morgan fingerprint density at radius 1 is 0.636 bits per heavy atom. The van der Waals surface area contributed by atoms with Crippen molar-refractivity contribution in [2.24, 2.45) is 9.98 Å². The number of ether oxygens (including phenoxy) is 3. The number of amidine groups is 2. The van der Waals surface area contributed by atoms with Crippen molar-refractivity contribution in [1.82, 2.24) is 11.0 Å². The van der Waals surface area contributed by atoms with Crippen LogP contribution in [0, 0.1) is 0 Å². The third kappa shape index (κ3) is 9.33. The summed E-state index contributed by atoms with van der Waals surface area (Å²) in [4.78, 5) is 10.8. The van der Waals surface area contributed by atoms with Crippen molar-refractivity contribution in [2.45, 2.75) is 9.79 Å². The first-order valence-corrected chi connectivity index (χ1v) is 12.4. The molecule has 3 rings (SSSR count). The fraction of sp³-hybridized carbons (Fsp3) is 0.364. The average Bonchev–Trinajstić information content (AvgIpc) is 2.84. The zero-order chi connectivity index (χ0) is 23.1. The molecule has 4 bridgehead atoms. The molecule has 0 saturated heterocycles. The van der Waals surface area contributed by atoms with E-state index in [1.54, 1.807) is 35.7 Å². The molecule has 2 aromatic rings. The van der Waals surface area contributed by atoms with E-state index < -0.39 is 0 Å². The van der Waals surface area contributed by atoms with Gasteiger partial charge in [0.25, 0.3) is 0 Å². The van der Waals surface area contributed by atoms with Crippen molar-refractivity contribution in [3.05, 3.63) is 48.5 Å². The minimum atomic E-state index is -0.0205. The molecule has 0 atom stereocenters. The van der Waals surface area contributed by atoms with Crippen LogP contribution in [0.1, 0.15) is 0 Å². The second-order valence-electron chi connectivity index (χ2n) is 6.67. The van der Waals surface area contributed by atoms with Crippen LogP contribution in [-0.2, 0) is 14.2 Å². The molecule has 1 aliphatic rings. The second kappa shape index (κ2) is 14.9. The van der Waals surface area contributed by atoms with E-state index >= 15 is 0 Å². The number of rotatable bonds is 0. The molecule has 1 heterocycles. The van der Waals surface area contributed by atoms with Crippen LogP contribution in [-0.4, -0.2) is 73.2 Å². The zero-order valence-electron chi connectivity index (χ0n) is 18.1. The zero-order valence-corrected chi connectivity index (χ0v) is 19.7. The molecule has 9 nitrogen and oxygen atoms in total. The Morgan fingerprint density at radius 3 is 1.48 bits per heavy atom. The van der Waals surface area contributed by atoms with Crippen molar-refractivity contribution < 1.29 is 24.6 Å². The Kier molecular flexibility index (Phi) is 11.5. The molecule has 4 N–H and O–H groups in total. The number of nitrogens with one attached hydrogen (secondary N) is 2. The van der Waals surface area contributed by atoms with Crippen molar-refractivity contribution in [2.75, 3.05) is 51.1 Å². The molecule has 0 radical (unpaired) electrons. The second-order valence-corrected chi connectivity index (χ2v) is 9.01. The summed E-state index contributed by atoms with van der Waals surface area (Å²) < 4.78 is 16.7. The van der Waals surface area contributed by atoms with Crippen molar-refractivity contribution in [1.29, 1.82) is 0 Å². The Balaban J connectivity index is 1.80. The highest BCUT2D eigenvalue weighted by atomic mass is 32.2. The molecule has 0 aromatic heterocycles. The quantitative estimate of drug-likeness (QED) is 0.409. The predicted molar refractivity (Wildman–Crippen MR) is 131 cm³/mol. The van der Waals surface area contributed by atoms with Crippen LogP contribution in [0.15, 0.2) is 68.3 Å². The molecule has 2 aromatic carbocycles. The van der Waals surface area contributed by atoms with Gasteiger partial charge >= 0.3 is 0 Å². The average molecular weight is 493 g/mol. The summed E-state index contributed by atoms with van der Waals surface area (Å²) >= 11 is 3.27. The summed E-state index contributed by atoms with van der Waals surface area (Å²) in [6.45, 7) is 3.36. The van der Waals surface area contributed by atoms with Gasteiger partial charge < -0.3 is 14.2 Å². The van der Waals surface area contributed by atoms with E-state index in [4.69, 9.17) is 14.2 Å². The first-order chi connectivity index (χ1) is 16.3. The fourth-order valence-electron chi connectivity index (χ4n) is 2.78. The minimum absolute atomic E-state index is 0.0205. The smallest absolute Gasteiger partial charge is 0.195 e. The maximum Gasteiger partial charge on any atom is 0.195 e. The summed E-state index contributed by atoms with van der Waals surface area (Å²) in [6, 6.07) is 15.1. The molecule has 0 fully saturated rings. The van der Waals surface area contributed by atoms with Crippen LogP contribution in [0.5, 0.6) is 0 Å². The van der Waals surface area contributed by atoms with Crippen LogP contribution in [0.2, 0.25) is 0 Å². The number of fused-ring (bicyclic) bond motifs is 4. The van der Waals surface area contributed by atoms with Crippen LogP contribution in [0.3, 0.4) is 0 Å². The highest BCUT2D eigenvalue weighted by Gasteiger charge is 2.09. The topological polar surface area (TPSA) is 117 Å². The summed E-state index contributed by atoms with van der Waals surface area (Å²) in [5.74, 6) is 1.52. The Labute approximate surface area is 201 Å². The summed E-state index contributed by atoms with van der Waals surface area (Å²) in [5, 5.41) is 19.2. The molecule has 33 heavy (non-hydrogen) atoms. The largest absolute Gasteiger partial charge is 0.378 e. The molecule has 11 heteroatoms. The van der Waals surface area contributed by atoms with Gasteiger partial charge in [-0.2, -0.15) is 0 Å². The highest BCUT2D eigenvalue weighted by Crippen LogP contribution is 2.25. The SMILES string of the molecule is ONC1=Nc2cccc(c2)SCCOCCOCCOCCSc2cccc(c2)N=C1NO. The van der Waals surface area contributed by atoms with Crippen LogP contribution in [0.4, 0.5) is 11.4 Å². The molecule has 0 unspecified atom stereocenters. The molecule has 0 spiro atoms. The van der Waals surface area contributed by atoms with Gasteiger partial charge in [-0.1, -0.05) is 12.1 Å². The Bertz CT molecular complexity index is 856. The van der Waals surface area contributed by atoms with Gasteiger partial charge in [-0.15, -0.1) is 23.5 Å². The van der Waals surface area contributed by atoms with E-state index in [2.05, 4.69) is 9.98 Å². The summed E-state index contributed by atoms with van der Waals surface area (Å²) in [7, 11) is 0. The number of hydroxylamine groups is 2. The van der Waals surface area contributed by atoms with Crippen molar-refractivity contribution in [3.8, 4) is 0 Å². The predicted octanol–water partition coefficient (Wildman–Crippen LogP) is 3.65. The van der Waals surface area contributed by atoms with Gasteiger partial charge in [0.15, 0.2) is 11.7 Å². The standard InChI is InChI=1S/C22H28N4O5S2/c27-25-21-22(26-28)24-18-4-2-6-20(16-18)33-14-12-31-10-8-29-7-9-30-11-13-32-19-5-1-3-17(15-19)23-21/h1-6,15-16,27-28H,7-14H2,(H,23,25)(H,24,26). The molecule has 0 aliphatic carbocycles. The van der Waals surface area contributed by atoms with E-state index in [0.29, 0.717) is 51.0 Å². The first kappa shape index (κ1) is 25.5. The maximum absolute atomic E-state index is 9.62. The maximum atomic E-state index is 9.62.